The van der Waals surface area contributed by atoms with E-state index in [0.29, 0.717) is 19.3 Å². The van der Waals surface area contributed by atoms with E-state index in [1.54, 1.807) is 0 Å². The van der Waals surface area contributed by atoms with Crippen LogP contribution in [0.25, 0.3) is 0 Å². The van der Waals surface area contributed by atoms with Crippen molar-refractivity contribution in [1.29, 1.82) is 0 Å². The minimum Gasteiger partial charge on any atom is -0.481 e. The second-order valence-corrected chi connectivity index (χ2v) is 4.39. The summed E-state index contributed by atoms with van der Waals surface area (Å²) in [6.07, 6.45) is 2.33. The summed E-state index contributed by atoms with van der Waals surface area (Å²) < 4.78 is 0. The van der Waals surface area contributed by atoms with E-state index in [1.807, 2.05) is 13.8 Å². The lowest BCUT2D eigenvalue weighted by Gasteiger charge is -2.04. The fraction of sp³-hybridized carbons (Fsp3) is 0.846. The molecule has 114 valence electrons. The quantitative estimate of drug-likeness (QED) is 0.509. The molecule has 0 aliphatic heterocycles. The lowest BCUT2D eigenvalue weighted by atomic mass is 10.1. The first-order valence-electron chi connectivity index (χ1n) is 6.63. The molecule has 0 rings (SSSR count). The molecule has 0 spiro atoms. The fourth-order valence-electron chi connectivity index (χ4n) is 1.24. The standard InChI is InChI=1S/C7H14O3.C6H12O3/c1-2-3-4-6(8)5-7(9)10;1-2-5(7)3-4-6(8)9/h6,8H,2-5H2,1H3,(H,9,10);5,7H,2-4H2,1H3,(H,8,9). The molecule has 0 aliphatic carbocycles. The zero-order valence-electron chi connectivity index (χ0n) is 11.7. The molecular weight excluding hydrogens is 252 g/mol. The molecule has 0 aromatic carbocycles. The Morgan fingerprint density at radius 3 is 1.89 bits per heavy atom. The van der Waals surface area contributed by atoms with Gasteiger partial charge in [0.2, 0.25) is 0 Å². The Morgan fingerprint density at radius 1 is 0.947 bits per heavy atom. The molecule has 0 saturated heterocycles. The molecule has 0 bridgehead atoms. The summed E-state index contributed by atoms with van der Waals surface area (Å²) in [6.45, 7) is 3.83. The minimum absolute atomic E-state index is 0.0645. The van der Waals surface area contributed by atoms with Gasteiger partial charge < -0.3 is 20.4 Å². The minimum atomic E-state index is -0.927. The fourth-order valence-corrected chi connectivity index (χ4v) is 1.24. The highest BCUT2D eigenvalue weighted by Gasteiger charge is 2.07. The van der Waals surface area contributed by atoms with E-state index in [9.17, 15) is 9.59 Å². The molecular formula is C13H26O6. The molecule has 19 heavy (non-hydrogen) atoms. The molecule has 0 aromatic rings. The number of aliphatic hydroxyl groups excluding tert-OH is 2. The van der Waals surface area contributed by atoms with Gasteiger partial charge in [-0.25, -0.2) is 0 Å². The second kappa shape index (κ2) is 13.3. The summed E-state index contributed by atoms with van der Waals surface area (Å²) in [5.74, 6) is -1.77. The highest BCUT2D eigenvalue weighted by atomic mass is 16.4. The Hall–Kier alpha value is -1.14. The molecule has 6 nitrogen and oxygen atoms in total. The van der Waals surface area contributed by atoms with Crippen LogP contribution in [0.5, 0.6) is 0 Å². The predicted molar refractivity (Wildman–Crippen MR) is 71.0 cm³/mol. The summed E-state index contributed by atoms with van der Waals surface area (Å²) in [7, 11) is 0. The maximum absolute atomic E-state index is 10.0. The van der Waals surface area contributed by atoms with Crippen molar-refractivity contribution in [1.82, 2.24) is 0 Å². The third kappa shape index (κ3) is 19.4. The van der Waals surface area contributed by atoms with Crippen molar-refractivity contribution in [3.63, 3.8) is 0 Å². The molecule has 0 amide bonds. The van der Waals surface area contributed by atoms with Crippen LogP contribution in [0, 0.1) is 0 Å². The Morgan fingerprint density at radius 2 is 1.53 bits per heavy atom. The molecule has 2 atom stereocenters. The van der Waals surface area contributed by atoms with E-state index in [0.717, 1.165) is 12.8 Å². The average molecular weight is 278 g/mol. The van der Waals surface area contributed by atoms with Crippen LogP contribution >= 0.6 is 0 Å². The van der Waals surface area contributed by atoms with Crippen molar-refractivity contribution in [3.05, 3.63) is 0 Å². The van der Waals surface area contributed by atoms with Gasteiger partial charge >= 0.3 is 11.9 Å². The molecule has 0 saturated carbocycles. The monoisotopic (exact) mass is 278 g/mol. The van der Waals surface area contributed by atoms with Crippen LogP contribution in [-0.2, 0) is 9.59 Å². The van der Waals surface area contributed by atoms with Gasteiger partial charge in [0.05, 0.1) is 18.6 Å². The highest BCUT2D eigenvalue weighted by Crippen LogP contribution is 2.03. The Labute approximate surface area is 114 Å². The van der Waals surface area contributed by atoms with Crippen molar-refractivity contribution in [2.75, 3.05) is 0 Å². The van der Waals surface area contributed by atoms with Gasteiger partial charge in [-0.05, 0) is 19.3 Å². The van der Waals surface area contributed by atoms with Gasteiger partial charge in [0.25, 0.3) is 0 Å². The van der Waals surface area contributed by atoms with E-state index in [-0.39, 0.29) is 12.8 Å². The van der Waals surface area contributed by atoms with E-state index < -0.39 is 24.1 Å². The Balaban J connectivity index is 0. The van der Waals surface area contributed by atoms with Crippen LogP contribution in [0.15, 0.2) is 0 Å². The predicted octanol–water partition coefficient (Wildman–Crippen LogP) is 1.63. The van der Waals surface area contributed by atoms with Crippen LogP contribution in [0.1, 0.15) is 58.8 Å². The topological polar surface area (TPSA) is 115 Å². The number of carboxylic acids is 2. The van der Waals surface area contributed by atoms with Crippen LogP contribution in [-0.4, -0.2) is 44.6 Å². The van der Waals surface area contributed by atoms with Crippen LogP contribution in [0.2, 0.25) is 0 Å². The zero-order valence-corrected chi connectivity index (χ0v) is 11.7. The average Bonchev–Trinajstić information content (AvgIpc) is 2.33. The molecule has 0 fully saturated rings. The van der Waals surface area contributed by atoms with Crippen LogP contribution in [0.4, 0.5) is 0 Å². The third-order valence-electron chi connectivity index (χ3n) is 2.46. The second-order valence-electron chi connectivity index (χ2n) is 4.39. The maximum atomic E-state index is 10.0. The first-order valence-corrected chi connectivity index (χ1v) is 6.63. The van der Waals surface area contributed by atoms with Crippen LogP contribution in [0.3, 0.4) is 0 Å². The largest absolute Gasteiger partial charge is 0.481 e. The summed E-state index contributed by atoms with van der Waals surface area (Å²) in [5, 5.41) is 34.2. The third-order valence-corrected chi connectivity index (χ3v) is 2.46. The van der Waals surface area contributed by atoms with Gasteiger partial charge in [-0.3, -0.25) is 9.59 Å². The van der Waals surface area contributed by atoms with Gasteiger partial charge in [-0.15, -0.1) is 0 Å². The maximum Gasteiger partial charge on any atom is 0.305 e. The summed E-state index contributed by atoms with van der Waals surface area (Å²) in [6, 6.07) is 0. The molecule has 0 radical (unpaired) electrons. The van der Waals surface area contributed by atoms with E-state index >= 15 is 0 Å². The number of aliphatic hydroxyl groups is 2. The Bertz CT molecular complexity index is 241. The number of unbranched alkanes of at least 4 members (excludes halogenated alkanes) is 1. The summed E-state index contributed by atoms with van der Waals surface area (Å²) >= 11 is 0. The normalized spacial score (nSPS) is 13.1. The molecule has 0 heterocycles. The number of aliphatic carboxylic acids is 2. The van der Waals surface area contributed by atoms with Gasteiger partial charge in [0.15, 0.2) is 0 Å². The van der Waals surface area contributed by atoms with Gasteiger partial charge in [-0.2, -0.15) is 0 Å². The lowest BCUT2D eigenvalue weighted by molar-refractivity contribution is -0.139. The van der Waals surface area contributed by atoms with Crippen molar-refractivity contribution in [2.45, 2.75) is 71.0 Å². The van der Waals surface area contributed by atoms with Crippen molar-refractivity contribution < 1.29 is 30.0 Å². The number of carbonyl (C=O) groups is 2. The zero-order chi connectivity index (χ0) is 15.3. The van der Waals surface area contributed by atoms with Gasteiger partial charge in [0.1, 0.15) is 0 Å². The molecule has 4 N–H and O–H groups in total. The Kier molecular flexibility index (Phi) is 14.1. The number of hydrogen-bond donors (Lipinski definition) is 4. The summed E-state index contributed by atoms with van der Waals surface area (Å²) in [5.41, 5.74) is 0. The lowest BCUT2D eigenvalue weighted by Crippen LogP contribution is -2.12. The summed E-state index contributed by atoms with van der Waals surface area (Å²) in [4.78, 5) is 19.9. The molecule has 0 aliphatic rings. The van der Waals surface area contributed by atoms with Gasteiger partial charge in [-0.1, -0.05) is 26.7 Å². The number of carboxylic acid groups (broad SMARTS) is 2. The smallest absolute Gasteiger partial charge is 0.305 e. The van der Waals surface area contributed by atoms with Gasteiger partial charge in [0, 0.05) is 6.42 Å². The molecule has 0 aromatic heterocycles. The van der Waals surface area contributed by atoms with Crippen molar-refractivity contribution in [3.8, 4) is 0 Å². The van der Waals surface area contributed by atoms with E-state index in [2.05, 4.69) is 0 Å². The molecule has 6 heteroatoms. The first-order chi connectivity index (χ1) is 8.83. The highest BCUT2D eigenvalue weighted by molar-refractivity contribution is 5.67. The SMILES string of the molecule is CCC(O)CCC(=O)O.CCCCC(O)CC(=O)O. The van der Waals surface area contributed by atoms with Crippen molar-refractivity contribution in [2.24, 2.45) is 0 Å². The first kappa shape index (κ1) is 20.2. The van der Waals surface area contributed by atoms with E-state index in [4.69, 9.17) is 20.4 Å². The number of rotatable bonds is 9. The van der Waals surface area contributed by atoms with Crippen LogP contribution < -0.4 is 0 Å². The number of hydrogen-bond acceptors (Lipinski definition) is 4. The molecule has 2 unspecified atom stereocenters. The van der Waals surface area contributed by atoms with E-state index in [1.165, 1.54) is 0 Å². The van der Waals surface area contributed by atoms with Crippen molar-refractivity contribution >= 4 is 11.9 Å².